The third-order valence-corrected chi connectivity index (χ3v) is 4.76. The van der Waals surface area contributed by atoms with Gasteiger partial charge in [0.05, 0.1) is 18.9 Å². The molecule has 0 atom stereocenters. The van der Waals surface area contributed by atoms with Crippen LogP contribution in [-0.4, -0.2) is 72.1 Å². The molecule has 1 rings (SSSR count). The Morgan fingerprint density at radius 1 is 1.10 bits per heavy atom. The SMILES string of the molecule is CN(C)CCOCCNc1ccccc1S(=O)(=O)N(C)C. The Labute approximate surface area is 127 Å². The average Bonchev–Trinajstić information content (AvgIpc) is 2.42. The Hall–Kier alpha value is -1.15. The number of benzene rings is 1. The Kier molecular flexibility index (Phi) is 7.10. The van der Waals surface area contributed by atoms with Gasteiger partial charge in [-0.2, -0.15) is 0 Å². The Bertz CT molecular complexity index is 530. The maximum absolute atomic E-state index is 12.2. The van der Waals surface area contributed by atoms with Crippen molar-refractivity contribution in [1.29, 1.82) is 0 Å². The molecule has 0 radical (unpaired) electrons. The third-order valence-electron chi connectivity index (χ3n) is 2.89. The molecule has 0 unspecified atom stereocenters. The van der Waals surface area contributed by atoms with E-state index in [1.165, 1.54) is 18.4 Å². The van der Waals surface area contributed by atoms with Crippen LogP contribution in [0.5, 0.6) is 0 Å². The van der Waals surface area contributed by atoms with Crippen molar-refractivity contribution in [2.45, 2.75) is 4.90 Å². The largest absolute Gasteiger partial charge is 0.382 e. The van der Waals surface area contributed by atoms with E-state index >= 15 is 0 Å². The van der Waals surface area contributed by atoms with Crippen molar-refractivity contribution in [3.05, 3.63) is 24.3 Å². The minimum atomic E-state index is -3.44. The first-order valence-electron chi connectivity index (χ1n) is 6.83. The summed E-state index contributed by atoms with van der Waals surface area (Å²) in [6.07, 6.45) is 0. The van der Waals surface area contributed by atoms with E-state index < -0.39 is 10.0 Å². The Morgan fingerprint density at radius 2 is 1.76 bits per heavy atom. The van der Waals surface area contributed by atoms with Crippen molar-refractivity contribution >= 4 is 15.7 Å². The summed E-state index contributed by atoms with van der Waals surface area (Å²) in [6.45, 7) is 2.62. The molecule has 120 valence electrons. The molecule has 0 heterocycles. The standard InChI is InChI=1S/C14H25N3O3S/c1-16(2)10-12-20-11-9-15-13-7-5-6-8-14(13)21(18,19)17(3)4/h5-8,15H,9-12H2,1-4H3. The van der Waals surface area contributed by atoms with Gasteiger partial charge in [0, 0.05) is 27.2 Å². The highest BCUT2D eigenvalue weighted by molar-refractivity contribution is 7.89. The molecule has 6 nitrogen and oxygen atoms in total. The van der Waals surface area contributed by atoms with Crippen molar-refractivity contribution in [2.75, 3.05) is 59.8 Å². The lowest BCUT2D eigenvalue weighted by Gasteiger charge is -2.16. The number of rotatable bonds is 9. The molecule has 0 saturated carbocycles. The van der Waals surface area contributed by atoms with Crippen molar-refractivity contribution in [3.8, 4) is 0 Å². The van der Waals surface area contributed by atoms with Gasteiger partial charge in [-0.05, 0) is 26.2 Å². The number of ether oxygens (including phenoxy) is 1. The zero-order valence-electron chi connectivity index (χ0n) is 13.2. The van der Waals surface area contributed by atoms with Gasteiger partial charge in [-0.1, -0.05) is 12.1 Å². The molecule has 7 heteroatoms. The molecule has 0 saturated heterocycles. The zero-order chi connectivity index (χ0) is 15.9. The summed E-state index contributed by atoms with van der Waals surface area (Å²) in [7, 11) is 3.59. The minimum Gasteiger partial charge on any atom is -0.382 e. The lowest BCUT2D eigenvalue weighted by molar-refractivity contribution is 0.126. The second-order valence-electron chi connectivity index (χ2n) is 5.13. The number of sulfonamides is 1. The molecule has 1 N–H and O–H groups in total. The van der Waals surface area contributed by atoms with Crippen LogP contribution in [0.4, 0.5) is 5.69 Å². The zero-order valence-corrected chi connectivity index (χ0v) is 14.0. The Balaban J connectivity index is 2.57. The first-order valence-corrected chi connectivity index (χ1v) is 8.27. The van der Waals surface area contributed by atoms with Gasteiger partial charge in [0.1, 0.15) is 4.90 Å². The fourth-order valence-corrected chi connectivity index (χ4v) is 2.70. The predicted octanol–water partition coefficient (Wildman–Crippen LogP) is 0.927. The molecule has 1 aromatic carbocycles. The third kappa shape index (κ3) is 5.62. The van der Waals surface area contributed by atoms with Crippen molar-refractivity contribution in [1.82, 2.24) is 9.21 Å². The van der Waals surface area contributed by atoms with Crippen molar-refractivity contribution in [3.63, 3.8) is 0 Å². The molecule has 0 fully saturated rings. The summed E-state index contributed by atoms with van der Waals surface area (Å²) in [5, 5.41) is 3.12. The van der Waals surface area contributed by atoms with E-state index in [9.17, 15) is 8.42 Å². The summed E-state index contributed by atoms with van der Waals surface area (Å²) in [6, 6.07) is 6.89. The smallest absolute Gasteiger partial charge is 0.244 e. The van der Waals surface area contributed by atoms with Crippen LogP contribution >= 0.6 is 0 Å². The van der Waals surface area contributed by atoms with E-state index in [0.29, 0.717) is 25.4 Å². The van der Waals surface area contributed by atoms with E-state index in [-0.39, 0.29) is 4.90 Å². The first kappa shape index (κ1) is 17.9. The number of likely N-dealkylation sites (N-methyl/N-ethyl adjacent to an activating group) is 1. The van der Waals surface area contributed by atoms with Gasteiger partial charge in [0.25, 0.3) is 0 Å². The van der Waals surface area contributed by atoms with Gasteiger partial charge in [-0.3, -0.25) is 0 Å². The average molecular weight is 315 g/mol. The van der Waals surface area contributed by atoms with Gasteiger partial charge < -0.3 is 15.0 Å². The second kappa shape index (κ2) is 8.33. The lowest BCUT2D eigenvalue weighted by Crippen LogP contribution is -2.24. The fraction of sp³-hybridized carbons (Fsp3) is 0.571. The topological polar surface area (TPSA) is 61.9 Å². The molecule has 0 aliphatic heterocycles. The molecular formula is C14H25N3O3S. The fourth-order valence-electron chi connectivity index (χ4n) is 1.64. The molecule has 1 aromatic rings. The van der Waals surface area contributed by atoms with Crippen LogP contribution in [0.15, 0.2) is 29.2 Å². The second-order valence-corrected chi connectivity index (χ2v) is 7.25. The van der Waals surface area contributed by atoms with Crippen LogP contribution in [0.25, 0.3) is 0 Å². The lowest BCUT2D eigenvalue weighted by atomic mass is 10.3. The predicted molar refractivity (Wildman–Crippen MR) is 85.2 cm³/mol. The quantitative estimate of drug-likeness (QED) is 0.687. The summed E-state index contributed by atoms with van der Waals surface area (Å²) < 4.78 is 31.1. The molecule has 0 aliphatic rings. The first-order chi connectivity index (χ1) is 9.85. The van der Waals surface area contributed by atoms with Crippen molar-refractivity contribution < 1.29 is 13.2 Å². The van der Waals surface area contributed by atoms with Crippen LogP contribution < -0.4 is 5.32 Å². The number of nitrogens with zero attached hydrogens (tertiary/aromatic N) is 2. The maximum atomic E-state index is 12.2. The molecular weight excluding hydrogens is 290 g/mol. The van der Waals surface area contributed by atoms with E-state index in [1.807, 2.05) is 25.1 Å². The van der Waals surface area contributed by atoms with Gasteiger partial charge in [0.15, 0.2) is 0 Å². The van der Waals surface area contributed by atoms with E-state index in [0.717, 1.165) is 6.54 Å². The van der Waals surface area contributed by atoms with Gasteiger partial charge >= 0.3 is 0 Å². The Morgan fingerprint density at radius 3 is 2.38 bits per heavy atom. The number of hydrogen-bond acceptors (Lipinski definition) is 5. The number of hydrogen-bond donors (Lipinski definition) is 1. The number of anilines is 1. The highest BCUT2D eigenvalue weighted by Gasteiger charge is 2.20. The summed E-state index contributed by atoms with van der Waals surface area (Å²) in [5.74, 6) is 0. The highest BCUT2D eigenvalue weighted by atomic mass is 32.2. The summed E-state index contributed by atoms with van der Waals surface area (Å²) in [5.41, 5.74) is 0.599. The molecule has 0 bridgehead atoms. The van der Waals surface area contributed by atoms with Crippen LogP contribution in [0.1, 0.15) is 0 Å². The van der Waals surface area contributed by atoms with Gasteiger partial charge in [-0.25, -0.2) is 12.7 Å². The summed E-state index contributed by atoms with van der Waals surface area (Å²) in [4.78, 5) is 2.33. The van der Waals surface area contributed by atoms with Crippen LogP contribution in [0.2, 0.25) is 0 Å². The molecule has 0 aromatic heterocycles. The van der Waals surface area contributed by atoms with E-state index in [2.05, 4.69) is 5.32 Å². The normalized spacial score (nSPS) is 12.1. The molecule has 0 spiro atoms. The number of nitrogens with one attached hydrogen (secondary N) is 1. The minimum absolute atomic E-state index is 0.281. The van der Waals surface area contributed by atoms with E-state index in [4.69, 9.17) is 4.74 Å². The van der Waals surface area contributed by atoms with Gasteiger partial charge in [-0.15, -0.1) is 0 Å². The monoisotopic (exact) mass is 315 g/mol. The highest BCUT2D eigenvalue weighted by Crippen LogP contribution is 2.22. The van der Waals surface area contributed by atoms with Crippen LogP contribution in [0, 0.1) is 0 Å². The van der Waals surface area contributed by atoms with E-state index in [1.54, 1.807) is 18.2 Å². The molecule has 0 aliphatic carbocycles. The van der Waals surface area contributed by atoms with Crippen molar-refractivity contribution in [2.24, 2.45) is 0 Å². The van der Waals surface area contributed by atoms with Crippen LogP contribution in [0.3, 0.4) is 0 Å². The summed E-state index contributed by atoms with van der Waals surface area (Å²) >= 11 is 0. The molecule has 0 amide bonds. The van der Waals surface area contributed by atoms with Gasteiger partial charge in [0.2, 0.25) is 10.0 Å². The number of para-hydroxylation sites is 1. The molecule has 21 heavy (non-hydrogen) atoms. The maximum Gasteiger partial charge on any atom is 0.244 e. The van der Waals surface area contributed by atoms with Crippen LogP contribution in [-0.2, 0) is 14.8 Å².